The quantitative estimate of drug-likeness (QED) is 0.235. The van der Waals surface area contributed by atoms with E-state index in [1.165, 1.54) is 0 Å². The van der Waals surface area contributed by atoms with E-state index in [0.717, 1.165) is 6.92 Å². The van der Waals surface area contributed by atoms with E-state index >= 15 is 0 Å². The predicted octanol–water partition coefficient (Wildman–Crippen LogP) is -2.24. The fraction of sp³-hybridized carbons (Fsp3) is 0.500. The maximum atomic E-state index is 8.89. The fourth-order valence-electron chi connectivity index (χ4n) is 0. The third-order valence-electron chi connectivity index (χ3n) is 0. The van der Waals surface area contributed by atoms with Crippen molar-refractivity contribution in [2.24, 2.45) is 0 Å². The third kappa shape index (κ3) is 4990. The van der Waals surface area contributed by atoms with Crippen LogP contribution in [0.4, 0.5) is 0 Å². The molecule has 0 aliphatic carbocycles. The zero-order valence-electron chi connectivity index (χ0n) is 5.14. The van der Waals surface area contributed by atoms with Crippen molar-refractivity contribution in [3.63, 3.8) is 0 Å². The molecule has 0 aromatic heterocycles. The number of hydrogen-bond acceptors (Lipinski definition) is 5. The van der Waals surface area contributed by atoms with Gasteiger partial charge >= 0.3 is 34.7 Å². The van der Waals surface area contributed by atoms with Gasteiger partial charge < -0.3 is 25.2 Å². The SMILES string of the molecule is CC(=O)[O-].O=[N+]([O-])[O-].[Al+3].[Al+3]. The summed E-state index contributed by atoms with van der Waals surface area (Å²) < 4.78 is 0. The summed E-state index contributed by atoms with van der Waals surface area (Å²) in [6.07, 6.45) is 0. The van der Waals surface area contributed by atoms with Gasteiger partial charge in [-0.3, -0.25) is 0 Å². The van der Waals surface area contributed by atoms with Gasteiger partial charge in [-0.15, -0.1) is 0 Å². The smallest absolute Gasteiger partial charge is 0.550 e. The van der Waals surface area contributed by atoms with Crippen LogP contribution in [-0.4, -0.2) is 45.8 Å². The van der Waals surface area contributed by atoms with Gasteiger partial charge in [0.2, 0.25) is 0 Å². The van der Waals surface area contributed by atoms with Crippen molar-refractivity contribution >= 4 is 40.7 Å². The number of carbonyl (C=O) groups excluding carboxylic acids is 1. The Kier molecular flexibility index (Phi) is 35.9. The molecule has 0 unspecified atom stereocenters. The van der Waals surface area contributed by atoms with Crippen LogP contribution >= 0.6 is 0 Å². The topological polar surface area (TPSA) is 106 Å². The van der Waals surface area contributed by atoms with Crippen molar-refractivity contribution in [3.05, 3.63) is 15.3 Å². The molecule has 0 aromatic rings. The molecule has 0 aliphatic heterocycles. The van der Waals surface area contributed by atoms with E-state index in [1.807, 2.05) is 0 Å². The summed E-state index contributed by atoms with van der Waals surface area (Å²) in [7, 11) is 0. The molecule has 8 heteroatoms. The van der Waals surface area contributed by atoms with Crippen LogP contribution in [0.2, 0.25) is 0 Å². The molecule has 0 N–H and O–H groups in total. The summed E-state index contributed by atoms with van der Waals surface area (Å²) in [5.41, 5.74) is 0. The van der Waals surface area contributed by atoms with E-state index in [1.54, 1.807) is 0 Å². The summed E-state index contributed by atoms with van der Waals surface area (Å²) in [6, 6.07) is 0. The van der Waals surface area contributed by atoms with Crippen molar-refractivity contribution in [1.29, 1.82) is 0 Å². The number of aliphatic carboxylic acids is 1. The molecule has 48 valence electrons. The predicted molar refractivity (Wildman–Crippen MR) is 32.6 cm³/mol. The standard InChI is InChI=1S/C2H4O2.2Al.NO3/c1-2(3)4;;;2-1(3)4/h1H3,(H,3,4);;;/q;2*+3;-1/p-1. The molecular formula is C2H3Al2NO5+4. The Morgan fingerprint density at radius 1 is 1.30 bits per heavy atom. The first-order valence-corrected chi connectivity index (χ1v) is 1.46. The molecule has 0 fully saturated rings. The average Bonchev–Trinajstić information content (AvgIpc) is 1.25. The Morgan fingerprint density at radius 2 is 1.30 bits per heavy atom. The second kappa shape index (κ2) is 15.9. The zero-order valence-corrected chi connectivity index (χ0v) is 7.45. The molecular weight excluding hydrogens is 172 g/mol. The summed E-state index contributed by atoms with van der Waals surface area (Å²) in [5.74, 6) is -1.08. The van der Waals surface area contributed by atoms with Crippen molar-refractivity contribution in [2.75, 3.05) is 0 Å². The Bertz CT molecular complexity index is 75.6. The van der Waals surface area contributed by atoms with Crippen molar-refractivity contribution in [2.45, 2.75) is 6.92 Å². The number of hydrogen-bond donors (Lipinski definition) is 0. The maximum Gasteiger partial charge on any atom is 3.00 e. The number of carboxylic acids is 1. The van der Waals surface area contributed by atoms with Crippen LogP contribution in [0.5, 0.6) is 0 Å². The first-order valence-electron chi connectivity index (χ1n) is 1.46. The largest absolute Gasteiger partial charge is 3.00 e. The number of nitrogens with zero attached hydrogens (tertiary/aromatic N) is 1. The summed E-state index contributed by atoms with van der Waals surface area (Å²) in [6.45, 7) is 0.972. The minimum Gasteiger partial charge on any atom is -0.550 e. The summed E-state index contributed by atoms with van der Waals surface area (Å²) in [4.78, 5) is 17.1. The zero-order chi connectivity index (χ0) is 7.15. The monoisotopic (exact) mass is 175 g/mol. The van der Waals surface area contributed by atoms with E-state index in [-0.39, 0.29) is 34.7 Å². The van der Waals surface area contributed by atoms with Crippen LogP contribution in [0.3, 0.4) is 0 Å². The van der Waals surface area contributed by atoms with Crippen LogP contribution in [0, 0.1) is 15.3 Å². The van der Waals surface area contributed by atoms with Crippen LogP contribution in [0.25, 0.3) is 0 Å². The Morgan fingerprint density at radius 3 is 1.30 bits per heavy atom. The van der Waals surface area contributed by atoms with Gasteiger partial charge in [-0.25, -0.2) is 0 Å². The van der Waals surface area contributed by atoms with E-state index in [4.69, 9.17) is 25.2 Å². The summed E-state index contributed by atoms with van der Waals surface area (Å²) >= 11 is 0. The molecule has 0 bridgehead atoms. The number of carboxylic acid groups (broad SMARTS) is 1. The molecule has 0 rings (SSSR count). The van der Waals surface area contributed by atoms with Crippen LogP contribution in [0.15, 0.2) is 0 Å². The molecule has 6 nitrogen and oxygen atoms in total. The van der Waals surface area contributed by atoms with Crippen LogP contribution in [0.1, 0.15) is 6.92 Å². The van der Waals surface area contributed by atoms with Gasteiger partial charge in [0.25, 0.3) is 0 Å². The Labute approximate surface area is 78.2 Å². The molecule has 0 heterocycles. The van der Waals surface area contributed by atoms with E-state index in [0.29, 0.717) is 0 Å². The molecule has 0 saturated carbocycles. The van der Waals surface area contributed by atoms with Gasteiger partial charge in [-0.2, -0.15) is 0 Å². The molecule has 0 amide bonds. The Hall–Kier alpha value is -0.265. The maximum absolute atomic E-state index is 8.89. The van der Waals surface area contributed by atoms with Crippen LogP contribution in [-0.2, 0) is 4.79 Å². The fourth-order valence-corrected chi connectivity index (χ4v) is 0. The van der Waals surface area contributed by atoms with E-state index < -0.39 is 11.1 Å². The van der Waals surface area contributed by atoms with Gasteiger partial charge in [-0.1, -0.05) is 0 Å². The minimum absolute atomic E-state index is 0. The van der Waals surface area contributed by atoms with Crippen molar-refractivity contribution < 1.29 is 15.0 Å². The van der Waals surface area contributed by atoms with E-state index in [9.17, 15) is 0 Å². The van der Waals surface area contributed by atoms with Crippen LogP contribution < -0.4 is 5.11 Å². The second-order valence-electron chi connectivity index (χ2n) is 0.715. The minimum atomic E-state index is -1.75. The molecule has 0 spiro atoms. The van der Waals surface area contributed by atoms with Crippen molar-refractivity contribution in [3.8, 4) is 0 Å². The number of rotatable bonds is 0. The van der Waals surface area contributed by atoms with E-state index in [2.05, 4.69) is 0 Å². The molecule has 10 heavy (non-hydrogen) atoms. The molecule has 0 radical (unpaired) electrons. The Balaban J connectivity index is -0.0000000300. The van der Waals surface area contributed by atoms with Crippen molar-refractivity contribution in [1.82, 2.24) is 0 Å². The molecule has 0 aromatic carbocycles. The normalized spacial score (nSPS) is 4.90. The van der Waals surface area contributed by atoms with Gasteiger partial charge in [0.05, 0.1) is 5.09 Å². The van der Waals surface area contributed by atoms with Gasteiger partial charge in [0.15, 0.2) is 0 Å². The van der Waals surface area contributed by atoms with Gasteiger partial charge in [-0.05, 0) is 6.92 Å². The van der Waals surface area contributed by atoms with Gasteiger partial charge in [0.1, 0.15) is 0 Å². The number of carbonyl (C=O) groups is 1. The first-order chi connectivity index (χ1) is 3.46. The molecule has 0 aliphatic rings. The molecule has 0 saturated heterocycles. The molecule has 0 atom stereocenters. The first kappa shape index (κ1) is 22.6. The average molecular weight is 175 g/mol. The third-order valence-corrected chi connectivity index (χ3v) is 0. The van der Waals surface area contributed by atoms with Gasteiger partial charge in [0, 0.05) is 5.97 Å². The summed E-state index contributed by atoms with van der Waals surface area (Å²) in [5, 5.41) is 23.6. The second-order valence-corrected chi connectivity index (χ2v) is 0.715.